The number of pyridine rings is 1. The van der Waals surface area contributed by atoms with Gasteiger partial charge in [0.05, 0.1) is 11.0 Å². The molecule has 1 fully saturated rings. The summed E-state index contributed by atoms with van der Waals surface area (Å²) in [6.07, 6.45) is 0. The molecule has 3 aromatic rings. The van der Waals surface area contributed by atoms with Gasteiger partial charge in [0, 0.05) is 36.4 Å². The molecular weight excluding hydrogens is 314 g/mol. The lowest BCUT2D eigenvalue weighted by atomic mass is 10.1. The molecule has 0 aliphatic carbocycles. The van der Waals surface area contributed by atoms with Crippen LogP contribution in [0.25, 0.3) is 21.8 Å². The van der Waals surface area contributed by atoms with Crippen LogP contribution in [0.1, 0.15) is 6.92 Å². The smallest absolute Gasteiger partial charge is 0.242 e. The summed E-state index contributed by atoms with van der Waals surface area (Å²) < 4.78 is 1.98. The SMILES string of the molecule is C[C@@H]1CNCCN1C(=O)Cn1c2ccccc2c(=O)c2ccccc21. The summed E-state index contributed by atoms with van der Waals surface area (Å²) in [5.41, 5.74) is 1.63. The number of aromatic nitrogens is 1. The zero-order valence-corrected chi connectivity index (χ0v) is 14.2. The monoisotopic (exact) mass is 335 g/mol. The molecule has 0 radical (unpaired) electrons. The number of rotatable bonds is 2. The molecule has 25 heavy (non-hydrogen) atoms. The highest BCUT2D eigenvalue weighted by atomic mass is 16.2. The standard InChI is InChI=1S/C20H21N3O2/c1-14-12-21-10-11-22(14)19(24)13-23-17-8-4-2-6-15(17)20(25)16-7-3-5-9-18(16)23/h2-9,14,21H,10-13H2,1H3/t14-/m1/s1. The van der Waals surface area contributed by atoms with Crippen LogP contribution in [0.15, 0.2) is 53.3 Å². The van der Waals surface area contributed by atoms with Crippen LogP contribution in [0.3, 0.4) is 0 Å². The summed E-state index contributed by atoms with van der Waals surface area (Å²) in [5.74, 6) is 0.0907. The van der Waals surface area contributed by atoms with Crippen molar-refractivity contribution in [2.24, 2.45) is 0 Å². The van der Waals surface area contributed by atoms with E-state index >= 15 is 0 Å². The molecule has 0 saturated carbocycles. The van der Waals surface area contributed by atoms with Crippen molar-refractivity contribution in [2.45, 2.75) is 19.5 Å². The van der Waals surface area contributed by atoms with Crippen molar-refractivity contribution in [3.05, 3.63) is 58.8 Å². The van der Waals surface area contributed by atoms with Gasteiger partial charge >= 0.3 is 0 Å². The van der Waals surface area contributed by atoms with E-state index in [9.17, 15) is 9.59 Å². The highest BCUT2D eigenvalue weighted by molar-refractivity contribution is 5.94. The van der Waals surface area contributed by atoms with E-state index in [2.05, 4.69) is 12.2 Å². The van der Waals surface area contributed by atoms with E-state index in [1.807, 2.05) is 58.0 Å². The Balaban J connectivity index is 1.86. The average molecular weight is 335 g/mol. The van der Waals surface area contributed by atoms with Gasteiger partial charge in [-0.15, -0.1) is 0 Å². The Labute approximate surface area is 145 Å². The fourth-order valence-corrected chi connectivity index (χ4v) is 3.68. The molecule has 128 valence electrons. The molecule has 0 unspecified atom stereocenters. The van der Waals surface area contributed by atoms with Gasteiger partial charge in [0.15, 0.2) is 5.43 Å². The summed E-state index contributed by atoms with van der Waals surface area (Å²) in [6.45, 7) is 4.66. The number of para-hydroxylation sites is 2. The Hall–Kier alpha value is -2.66. The van der Waals surface area contributed by atoms with E-state index < -0.39 is 0 Å². The first kappa shape index (κ1) is 15.8. The number of hydrogen-bond donors (Lipinski definition) is 1. The van der Waals surface area contributed by atoms with Gasteiger partial charge in [-0.3, -0.25) is 9.59 Å². The number of carbonyl (C=O) groups is 1. The second-order valence-electron chi connectivity index (χ2n) is 6.59. The molecule has 1 amide bonds. The van der Waals surface area contributed by atoms with Crippen molar-refractivity contribution in [1.29, 1.82) is 0 Å². The molecule has 5 nitrogen and oxygen atoms in total. The third kappa shape index (κ3) is 2.70. The summed E-state index contributed by atoms with van der Waals surface area (Å²) in [7, 11) is 0. The van der Waals surface area contributed by atoms with E-state index in [1.54, 1.807) is 0 Å². The lowest BCUT2D eigenvalue weighted by Gasteiger charge is -2.34. The Bertz CT molecular complexity index is 949. The molecule has 1 aromatic heterocycles. The van der Waals surface area contributed by atoms with Crippen LogP contribution < -0.4 is 10.7 Å². The van der Waals surface area contributed by atoms with Crippen LogP contribution >= 0.6 is 0 Å². The first-order chi connectivity index (χ1) is 12.2. The Morgan fingerprint density at radius 3 is 2.28 bits per heavy atom. The first-order valence-electron chi connectivity index (χ1n) is 8.67. The van der Waals surface area contributed by atoms with E-state index in [0.717, 1.165) is 30.7 Å². The number of amides is 1. The number of benzene rings is 2. The Kier molecular flexibility index (Phi) is 4.01. The van der Waals surface area contributed by atoms with Gasteiger partial charge in [0.1, 0.15) is 6.54 Å². The second kappa shape index (κ2) is 6.33. The fourth-order valence-electron chi connectivity index (χ4n) is 3.68. The maximum atomic E-state index is 12.9. The molecule has 1 aliphatic rings. The molecule has 1 N–H and O–H groups in total. The summed E-state index contributed by atoms with van der Waals surface area (Å²) in [5, 5.41) is 4.62. The maximum Gasteiger partial charge on any atom is 0.242 e. The molecule has 4 rings (SSSR count). The van der Waals surface area contributed by atoms with Crippen molar-refractivity contribution in [2.75, 3.05) is 19.6 Å². The Morgan fingerprint density at radius 2 is 1.68 bits per heavy atom. The average Bonchev–Trinajstić information content (AvgIpc) is 2.65. The molecule has 1 saturated heterocycles. The van der Waals surface area contributed by atoms with Gasteiger partial charge in [-0.25, -0.2) is 0 Å². The van der Waals surface area contributed by atoms with Crippen LogP contribution in [-0.4, -0.2) is 41.1 Å². The lowest BCUT2D eigenvalue weighted by molar-refractivity contribution is -0.134. The quantitative estimate of drug-likeness (QED) is 0.729. The lowest BCUT2D eigenvalue weighted by Crippen LogP contribution is -2.53. The fraction of sp³-hybridized carbons (Fsp3) is 0.300. The molecule has 0 bridgehead atoms. The van der Waals surface area contributed by atoms with E-state index in [1.165, 1.54) is 0 Å². The van der Waals surface area contributed by atoms with Crippen LogP contribution in [0.5, 0.6) is 0 Å². The number of nitrogens with one attached hydrogen (secondary N) is 1. The van der Waals surface area contributed by atoms with Crippen LogP contribution in [0, 0.1) is 0 Å². The third-order valence-corrected chi connectivity index (χ3v) is 4.99. The number of fused-ring (bicyclic) bond motifs is 2. The van der Waals surface area contributed by atoms with Gasteiger partial charge in [-0.2, -0.15) is 0 Å². The van der Waals surface area contributed by atoms with Crippen LogP contribution in [0.4, 0.5) is 0 Å². The van der Waals surface area contributed by atoms with E-state index in [4.69, 9.17) is 0 Å². The predicted molar refractivity (Wildman–Crippen MR) is 99.8 cm³/mol. The molecule has 2 aromatic carbocycles. The normalized spacial score (nSPS) is 18.0. The number of hydrogen-bond acceptors (Lipinski definition) is 3. The molecular formula is C20H21N3O2. The molecule has 0 spiro atoms. The number of nitrogens with zero attached hydrogens (tertiary/aromatic N) is 2. The van der Waals surface area contributed by atoms with Gasteiger partial charge in [0.25, 0.3) is 0 Å². The van der Waals surface area contributed by atoms with Gasteiger partial charge in [-0.1, -0.05) is 24.3 Å². The summed E-state index contributed by atoms with van der Waals surface area (Å²) >= 11 is 0. The van der Waals surface area contributed by atoms with E-state index in [0.29, 0.717) is 10.8 Å². The van der Waals surface area contributed by atoms with Gasteiger partial charge < -0.3 is 14.8 Å². The van der Waals surface area contributed by atoms with Gasteiger partial charge in [0.2, 0.25) is 5.91 Å². The van der Waals surface area contributed by atoms with Crippen molar-refractivity contribution < 1.29 is 4.79 Å². The first-order valence-corrected chi connectivity index (χ1v) is 8.67. The number of carbonyl (C=O) groups excluding carboxylic acids is 1. The minimum atomic E-state index is 0.0189. The zero-order chi connectivity index (χ0) is 17.4. The van der Waals surface area contributed by atoms with Crippen molar-refractivity contribution >= 4 is 27.7 Å². The van der Waals surface area contributed by atoms with Crippen molar-refractivity contribution in [1.82, 2.24) is 14.8 Å². The number of piperazine rings is 1. The molecule has 1 atom stereocenters. The zero-order valence-electron chi connectivity index (χ0n) is 14.2. The topological polar surface area (TPSA) is 54.3 Å². The molecule has 5 heteroatoms. The predicted octanol–water partition coefficient (Wildman–Crippen LogP) is 1.97. The second-order valence-corrected chi connectivity index (χ2v) is 6.59. The Morgan fingerprint density at radius 1 is 1.08 bits per heavy atom. The maximum absolute atomic E-state index is 12.9. The van der Waals surface area contributed by atoms with Crippen molar-refractivity contribution in [3.63, 3.8) is 0 Å². The van der Waals surface area contributed by atoms with Crippen LogP contribution in [0.2, 0.25) is 0 Å². The van der Waals surface area contributed by atoms with Crippen molar-refractivity contribution in [3.8, 4) is 0 Å². The minimum absolute atomic E-state index is 0.0189. The minimum Gasteiger partial charge on any atom is -0.336 e. The van der Waals surface area contributed by atoms with Gasteiger partial charge in [-0.05, 0) is 31.2 Å². The highest BCUT2D eigenvalue weighted by Crippen LogP contribution is 2.19. The highest BCUT2D eigenvalue weighted by Gasteiger charge is 2.24. The summed E-state index contributed by atoms with van der Waals surface area (Å²) in [4.78, 5) is 27.6. The largest absolute Gasteiger partial charge is 0.336 e. The van der Waals surface area contributed by atoms with Crippen LogP contribution in [-0.2, 0) is 11.3 Å². The summed E-state index contributed by atoms with van der Waals surface area (Å²) in [6, 6.07) is 15.2. The molecule has 1 aliphatic heterocycles. The third-order valence-electron chi connectivity index (χ3n) is 4.99. The molecule has 2 heterocycles. The van der Waals surface area contributed by atoms with E-state index in [-0.39, 0.29) is 23.9 Å².